The largest absolute Gasteiger partial charge is 0.351 e. The molecular weight excluding hydrogens is 424 g/mol. The highest BCUT2D eigenvalue weighted by Crippen LogP contribution is 2.35. The molecule has 3 heterocycles. The third kappa shape index (κ3) is 4.98. The number of halogens is 1. The predicted octanol–water partition coefficient (Wildman–Crippen LogP) is 4.27. The van der Waals surface area contributed by atoms with E-state index in [-0.39, 0.29) is 5.91 Å². The lowest BCUT2D eigenvalue weighted by molar-refractivity contribution is -0.116. The first-order valence-electron chi connectivity index (χ1n) is 9.62. The number of amides is 1. The molecule has 1 aliphatic rings. The molecule has 0 unspecified atom stereocenters. The third-order valence-corrected chi connectivity index (χ3v) is 7.41. The second kappa shape index (κ2) is 9.26. The fourth-order valence-electron chi connectivity index (χ4n) is 3.33. The van der Waals surface area contributed by atoms with Crippen LogP contribution in [0.3, 0.4) is 0 Å². The number of carbonyl (C=O) groups excluding carboxylic acids is 1. The van der Waals surface area contributed by atoms with Gasteiger partial charge in [0, 0.05) is 50.2 Å². The van der Waals surface area contributed by atoms with Gasteiger partial charge in [0.15, 0.2) is 5.13 Å². The highest BCUT2D eigenvalue weighted by atomic mass is 35.5. The Morgan fingerprint density at radius 2 is 2.10 bits per heavy atom. The average Bonchev–Trinajstić information content (AvgIpc) is 3.40. The first-order valence-corrected chi connectivity index (χ1v) is 11.7. The minimum atomic E-state index is -0.0428. The van der Waals surface area contributed by atoms with Gasteiger partial charge in [-0.05, 0) is 36.1 Å². The Morgan fingerprint density at radius 3 is 2.83 bits per heavy atom. The summed E-state index contributed by atoms with van der Waals surface area (Å²) in [4.78, 5) is 22.5. The number of fused-ring (bicyclic) bond motifs is 1. The van der Waals surface area contributed by atoms with E-state index in [0.29, 0.717) is 6.54 Å². The number of aryl methyl sites for hydroxylation is 1. The molecule has 1 amide bonds. The number of rotatable bonds is 6. The molecule has 0 aliphatic carbocycles. The van der Waals surface area contributed by atoms with E-state index in [1.807, 2.05) is 35.7 Å². The van der Waals surface area contributed by atoms with Crippen LogP contribution in [0.25, 0.3) is 16.3 Å². The molecule has 0 bridgehead atoms. The summed E-state index contributed by atoms with van der Waals surface area (Å²) in [7, 11) is 0. The van der Waals surface area contributed by atoms with Gasteiger partial charge in [0.1, 0.15) is 0 Å². The SMILES string of the molecule is Cc1ccc(Cl)c2sc(N3CCN(CCNC(=O)/C=C/c4cccs4)CC3)nc12. The normalized spacial score (nSPS) is 15.4. The van der Waals surface area contributed by atoms with Gasteiger partial charge in [-0.3, -0.25) is 9.69 Å². The van der Waals surface area contributed by atoms with Crippen LogP contribution in [0.5, 0.6) is 0 Å². The standard InChI is InChI=1S/C21H23ClN4OS2/c1-15-4-6-17(22)20-19(15)24-21(29-20)26-12-10-25(11-13-26)9-8-23-18(27)7-5-16-3-2-14-28-16/h2-7,14H,8-13H2,1H3,(H,23,27)/b7-5+. The van der Waals surface area contributed by atoms with E-state index in [9.17, 15) is 4.79 Å². The van der Waals surface area contributed by atoms with Crippen LogP contribution in [-0.4, -0.2) is 55.1 Å². The molecule has 0 atom stereocenters. The highest BCUT2D eigenvalue weighted by molar-refractivity contribution is 7.22. The number of anilines is 1. The van der Waals surface area contributed by atoms with Gasteiger partial charge in [0.25, 0.3) is 0 Å². The lowest BCUT2D eigenvalue weighted by atomic mass is 10.2. The molecule has 1 aromatic carbocycles. The van der Waals surface area contributed by atoms with E-state index in [4.69, 9.17) is 16.6 Å². The summed E-state index contributed by atoms with van der Waals surface area (Å²) in [6, 6.07) is 7.94. The minimum absolute atomic E-state index is 0.0428. The minimum Gasteiger partial charge on any atom is -0.351 e. The van der Waals surface area contributed by atoms with Crippen molar-refractivity contribution in [2.75, 3.05) is 44.2 Å². The van der Waals surface area contributed by atoms with Gasteiger partial charge in [0.05, 0.1) is 15.2 Å². The Morgan fingerprint density at radius 1 is 1.28 bits per heavy atom. The monoisotopic (exact) mass is 446 g/mol. The fourth-order valence-corrected chi connectivity index (χ4v) is 5.32. The Balaban J connectivity index is 1.24. The van der Waals surface area contributed by atoms with Crippen molar-refractivity contribution in [1.29, 1.82) is 0 Å². The molecule has 2 aromatic heterocycles. The van der Waals surface area contributed by atoms with Crippen molar-refractivity contribution in [2.24, 2.45) is 0 Å². The summed E-state index contributed by atoms with van der Waals surface area (Å²) in [6.45, 7) is 7.38. The number of hydrogen-bond acceptors (Lipinski definition) is 6. The van der Waals surface area contributed by atoms with Crippen LogP contribution in [0, 0.1) is 6.92 Å². The van der Waals surface area contributed by atoms with Gasteiger partial charge in [-0.1, -0.05) is 35.1 Å². The second-order valence-electron chi connectivity index (χ2n) is 7.01. The molecule has 1 N–H and O–H groups in total. The maximum absolute atomic E-state index is 11.9. The summed E-state index contributed by atoms with van der Waals surface area (Å²) in [6.07, 6.45) is 3.45. The second-order valence-corrected chi connectivity index (χ2v) is 9.37. The van der Waals surface area contributed by atoms with E-state index in [0.717, 1.165) is 63.5 Å². The fraction of sp³-hybridized carbons (Fsp3) is 0.333. The number of nitrogens with zero attached hydrogens (tertiary/aromatic N) is 3. The van der Waals surface area contributed by atoms with Crippen LogP contribution in [0.15, 0.2) is 35.7 Å². The van der Waals surface area contributed by atoms with Gasteiger partial charge in [-0.25, -0.2) is 4.98 Å². The summed E-state index contributed by atoms with van der Waals surface area (Å²) >= 11 is 9.64. The van der Waals surface area contributed by atoms with Crippen molar-refractivity contribution in [3.05, 3.63) is 51.2 Å². The first-order chi connectivity index (χ1) is 14.1. The first kappa shape index (κ1) is 20.3. The Bertz CT molecular complexity index is 968. The molecule has 3 aromatic rings. The molecule has 0 spiro atoms. The van der Waals surface area contributed by atoms with Crippen LogP contribution in [0.4, 0.5) is 5.13 Å². The quantitative estimate of drug-likeness (QED) is 0.574. The van der Waals surface area contributed by atoms with Crippen LogP contribution in [-0.2, 0) is 4.79 Å². The molecular formula is C21H23ClN4OS2. The summed E-state index contributed by atoms with van der Waals surface area (Å²) in [5.74, 6) is -0.0428. The van der Waals surface area contributed by atoms with Crippen LogP contribution in [0.1, 0.15) is 10.4 Å². The number of carbonyl (C=O) groups is 1. The average molecular weight is 447 g/mol. The van der Waals surface area contributed by atoms with Gasteiger partial charge < -0.3 is 10.2 Å². The van der Waals surface area contributed by atoms with Crippen molar-refractivity contribution in [3.63, 3.8) is 0 Å². The zero-order valence-electron chi connectivity index (χ0n) is 16.2. The number of benzene rings is 1. The lowest BCUT2D eigenvalue weighted by Gasteiger charge is -2.34. The zero-order valence-corrected chi connectivity index (χ0v) is 18.6. The summed E-state index contributed by atoms with van der Waals surface area (Å²) in [5, 5.41) is 6.78. The van der Waals surface area contributed by atoms with E-state index in [1.165, 1.54) is 0 Å². The maximum atomic E-state index is 11.9. The Hall–Kier alpha value is -1.93. The van der Waals surface area contributed by atoms with E-state index < -0.39 is 0 Å². The highest BCUT2D eigenvalue weighted by Gasteiger charge is 2.20. The van der Waals surface area contributed by atoms with Crippen LogP contribution >= 0.6 is 34.3 Å². The summed E-state index contributed by atoms with van der Waals surface area (Å²) in [5.41, 5.74) is 2.17. The number of hydrogen-bond donors (Lipinski definition) is 1. The number of aromatic nitrogens is 1. The maximum Gasteiger partial charge on any atom is 0.244 e. The van der Waals surface area contributed by atoms with E-state index in [2.05, 4.69) is 22.0 Å². The van der Waals surface area contributed by atoms with Gasteiger partial charge >= 0.3 is 0 Å². The van der Waals surface area contributed by atoms with Crippen molar-refractivity contribution in [1.82, 2.24) is 15.2 Å². The van der Waals surface area contributed by atoms with Crippen molar-refractivity contribution in [3.8, 4) is 0 Å². The predicted molar refractivity (Wildman–Crippen MR) is 124 cm³/mol. The molecule has 0 radical (unpaired) electrons. The third-order valence-electron chi connectivity index (χ3n) is 5.00. The molecule has 152 valence electrons. The molecule has 1 aliphatic heterocycles. The Kier molecular flexibility index (Phi) is 6.50. The van der Waals surface area contributed by atoms with Gasteiger partial charge in [0.2, 0.25) is 5.91 Å². The summed E-state index contributed by atoms with van der Waals surface area (Å²) < 4.78 is 1.07. The zero-order chi connectivity index (χ0) is 20.2. The van der Waals surface area contributed by atoms with Gasteiger partial charge in [-0.2, -0.15) is 0 Å². The van der Waals surface area contributed by atoms with E-state index >= 15 is 0 Å². The smallest absolute Gasteiger partial charge is 0.244 e. The van der Waals surface area contributed by atoms with Crippen LogP contribution in [0.2, 0.25) is 5.02 Å². The van der Waals surface area contributed by atoms with E-state index in [1.54, 1.807) is 28.7 Å². The number of nitrogens with one attached hydrogen (secondary N) is 1. The molecule has 0 saturated carbocycles. The van der Waals surface area contributed by atoms with Gasteiger partial charge in [-0.15, -0.1) is 11.3 Å². The molecule has 1 fully saturated rings. The van der Waals surface area contributed by atoms with Crippen molar-refractivity contribution >= 4 is 61.6 Å². The van der Waals surface area contributed by atoms with Crippen LogP contribution < -0.4 is 10.2 Å². The topological polar surface area (TPSA) is 48.5 Å². The molecule has 1 saturated heterocycles. The lowest BCUT2D eigenvalue weighted by Crippen LogP contribution is -2.48. The number of piperazine rings is 1. The number of thiazole rings is 1. The molecule has 5 nitrogen and oxygen atoms in total. The van der Waals surface area contributed by atoms with Crippen molar-refractivity contribution < 1.29 is 4.79 Å². The molecule has 29 heavy (non-hydrogen) atoms. The number of thiophene rings is 1. The molecule has 8 heteroatoms. The van der Waals surface area contributed by atoms with Crippen molar-refractivity contribution in [2.45, 2.75) is 6.92 Å². The molecule has 4 rings (SSSR count). The Labute approximate surface area is 183 Å².